The average Bonchev–Trinajstić information content (AvgIpc) is 3.02. The fraction of sp³-hybridized carbons (Fsp3) is 0.400. The Balaban J connectivity index is 1.87. The third-order valence-electron chi connectivity index (χ3n) is 6.49. The molecule has 1 aromatic heterocycles. The van der Waals surface area contributed by atoms with Crippen molar-refractivity contribution in [1.82, 2.24) is 10.3 Å². The summed E-state index contributed by atoms with van der Waals surface area (Å²) in [5.41, 5.74) is 6.88. The number of methoxy groups -OCH3 is 1. The van der Waals surface area contributed by atoms with Crippen LogP contribution in [-0.4, -0.2) is 23.2 Å². The zero-order valence-corrected chi connectivity index (χ0v) is 19.7. The number of ether oxygens (including phenoxy) is 1. The summed E-state index contributed by atoms with van der Waals surface area (Å²) < 4.78 is 5.58. The van der Waals surface area contributed by atoms with Crippen LogP contribution >= 0.6 is 11.8 Å². The number of nitrogens with zero attached hydrogens (tertiary/aromatic N) is 1. The van der Waals surface area contributed by atoms with Gasteiger partial charge in [-0.25, -0.2) is 4.98 Å². The Bertz CT molecular complexity index is 1130. The summed E-state index contributed by atoms with van der Waals surface area (Å²) in [6.45, 7) is 11.4. The van der Waals surface area contributed by atoms with Crippen molar-refractivity contribution in [1.29, 1.82) is 0 Å². The highest BCUT2D eigenvalue weighted by Gasteiger charge is 2.37. The molecule has 6 heteroatoms. The number of pyridine rings is 1. The van der Waals surface area contributed by atoms with E-state index < -0.39 is 0 Å². The molecule has 2 aromatic rings. The average molecular weight is 437 g/mol. The summed E-state index contributed by atoms with van der Waals surface area (Å²) in [5, 5.41) is 1.93. The number of benzene rings is 1. The minimum atomic E-state index is -0.374. The number of nitrogens with one attached hydrogen (secondary N) is 1. The molecule has 0 radical (unpaired) electrons. The molecule has 31 heavy (non-hydrogen) atoms. The van der Waals surface area contributed by atoms with Crippen LogP contribution in [0.1, 0.15) is 62.8 Å². The lowest BCUT2D eigenvalue weighted by atomic mass is 9.62. The van der Waals surface area contributed by atoms with Gasteiger partial charge in [0.15, 0.2) is 0 Å². The molecule has 162 valence electrons. The second-order valence-electron chi connectivity index (χ2n) is 9.66. The Morgan fingerprint density at radius 3 is 2.26 bits per heavy atom. The maximum absolute atomic E-state index is 11.9. The van der Waals surface area contributed by atoms with E-state index in [-0.39, 0.29) is 22.0 Å². The van der Waals surface area contributed by atoms with Crippen molar-refractivity contribution in [3.8, 4) is 17.0 Å². The van der Waals surface area contributed by atoms with E-state index in [1.54, 1.807) is 19.4 Å². The lowest BCUT2D eigenvalue weighted by Gasteiger charge is -2.42. The molecule has 0 saturated carbocycles. The number of hydrogen-bond acceptors (Lipinski definition) is 5. The smallest absolute Gasteiger partial charge is 0.290 e. The van der Waals surface area contributed by atoms with Crippen LogP contribution < -0.4 is 10.1 Å². The molecule has 1 aromatic carbocycles. The van der Waals surface area contributed by atoms with Gasteiger partial charge in [-0.15, -0.1) is 0 Å². The number of rotatable bonds is 3. The number of amides is 2. The fourth-order valence-electron chi connectivity index (χ4n) is 4.49. The molecule has 4 rings (SSSR count). The maximum atomic E-state index is 11.9. The first-order chi connectivity index (χ1) is 14.5. The Kier molecular flexibility index (Phi) is 5.24. The number of thioether (sulfide) groups is 1. The van der Waals surface area contributed by atoms with Crippen LogP contribution in [0.25, 0.3) is 17.2 Å². The number of carbonyl (C=O) groups excluding carboxylic acids is 2. The van der Waals surface area contributed by atoms with E-state index >= 15 is 0 Å². The van der Waals surface area contributed by atoms with Crippen LogP contribution in [0.5, 0.6) is 5.88 Å². The third kappa shape index (κ3) is 3.89. The SMILES string of the molecule is COc1ncc(/C=C2/SC(=O)NC2=O)cc1-c1cc2c(cc1C)C(C)(C)CCC2(C)C. The summed E-state index contributed by atoms with van der Waals surface area (Å²) in [7, 11) is 1.61. The topological polar surface area (TPSA) is 68.3 Å². The molecule has 1 aliphatic carbocycles. The zero-order valence-electron chi connectivity index (χ0n) is 18.9. The summed E-state index contributed by atoms with van der Waals surface area (Å²) in [4.78, 5) is 28.3. The molecule has 1 fully saturated rings. The van der Waals surface area contributed by atoms with E-state index in [1.807, 2.05) is 6.07 Å². The molecule has 0 unspecified atom stereocenters. The molecule has 1 saturated heterocycles. The van der Waals surface area contributed by atoms with Crippen molar-refractivity contribution in [2.45, 2.75) is 58.3 Å². The Hall–Kier alpha value is -2.60. The van der Waals surface area contributed by atoms with E-state index in [4.69, 9.17) is 4.74 Å². The van der Waals surface area contributed by atoms with E-state index in [9.17, 15) is 9.59 Å². The van der Waals surface area contributed by atoms with Gasteiger partial charge in [0.2, 0.25) is 5.88 Å². The number of aromatic nitrogens is 1. The van der Waals surface area contributed by atoms with Gasteiger partial charge in [-0.3, -0.25) is 14.9 Å². The number of imide groups is 1. The monoisotopic (exact) mass is 436 g/mol. The minimum Gasteiger partial charge on any atom is -0.481 e. The van der Waals surface area contributed by atoms with E-state index in [0.29, 0.717) is 10.8 Å². The number of fused-ring (bicyclic) bond motifs is 1. The second-order valence-corrected chi connectivity index (χ2v) is 10.7. The first-order valence-corrected chi connectivity index (χ1v) is 11.3. The lowest BCUT2D eigenvalue weighted by Crippen LogP contribution is -2.34. The van der Waals surface area contributed by atoms with Crippen LogP contribution in [0, 0.1) is 6.92 Å². The largest absolute Gasteiger partial charge is 0.481 e. The third-order valence-corrected chi connectivity index (χ3v) is 7.30. The van der Waals surface area contributed by atoms with Crippen molar-refractivity contribution < 1.29 is 14.3 Å². The Labute approximate surface area is 187 Å². The number of hydrogen-bond donors (Lipinski definition) is 1. The summed E-state index contributed by atoms with van der Waals surface area (Å²) in [6.07, 6.45) is 5.66. The molecular formula is C25H28N2O3S. The predicted octanol–water partition coefficient (Wildman–Crippen LogP) is 5.74. The Morgan fingerprint density at radius 2 is 1.68 bits per heavy atom. The minimum absolute atomic E-state index is 0.0898. The van der Waals surface area contributed by atoms with Gasteiger partial charge in [0.25, 0.3) is 11.1 Å². The highest BCUT2D eigenvalue weighted by Crippen LogP contribution is 2.48. The Morgan fingerprint density at radius 1 is 1.03 bits per heavy atom. The predicted molar refractivity (Wildman–Crippen MR) is 125 cm³/mol. The van der Waals surface area contributed by atoms with E-state index in [1.165, 1.54) is 11.1 Å². The van der Waals surface area contributed by atoms with Crippen LogP contribution in [0.3, 0.4) is 0 Å². The van der Waals surface area contributed by atoms with Gasteiger partial charge in [0.1, 0.15) is 0 Å². The van der Waals surface area contributed by atoms with Gasteiger partial charge in [0, 0.05) is 11.8 Å². The molecule has 1 N–H and O–H groups in total. The molecule has 2 heterocycles. The summed E-state index contributed by atoms with van der Waals surface area (Å²) >= 11 is 0.904. The highest BCUT2D eigenvalue weighted by molar-refractivity contribution is 8.18. The van der Waals surface area contributed by atoms with Crippen molar-refractivity contribution in [3.05, 3.63) is 51.6 Å². The number of aryl methyl sites for hydroxylation is 1. The molecule has 0 atom stereocenters. The fourth-order valence-corrected chi connectivity index (χ4v) is 5.17. The normalized spacial score (nSPS) is 20.5. The van der Waals surface area contributed by atoms with Crippen LogP contribution in [0.4, 0.5) is 4.79 Å². The van der Waals surface area contributed by atoms with Gasteiger partial charge in [-0.1, -0.05) is 33.8 Å². The van der Waals surface area contributed by atoms with Crippen LogP contribution in [0.2, 0.25) is 0 Å². The quantitative estimate of drug-likeness (QED) is 0.622. The molecule has 5 nitrogen and oxygen atoms in total. The lowest BCUT2D eigenvalue weighted by molar-refractivity contribution is -0.115. The van der Waals surface area contributed by atoms with Crippen LogP contribution in [0.15, 0.2) is 29.3 Å². The van der Waals surface area contributed by atoms with Gasteiger partial charge >= 0.3 is 0 Å². The number of carbonyl (C=O) groups is 2. The summed E-state index contributed by atoms with van der Waals surface area (Å²) in [6, 6.07) is 6.59. The first kappa shape index (κ1) is 21.6. The second kappa shape index (κ2) is 7.52. The van der Waals surface area contributed by atoms with Crippen molar-refractivity contribution in [3.63, 3.8) is 0 Å². The van der Waals surface area contributed by atoms with Crippen molar-refractivity contribution >= 4 is 29.0 Å². The molecule has 2 aliphatic rings. The molecule has 1 aliphatic heterocycles. The van der Waals surface area contributed by atoms with Crippen molar-refractivity contribution in [2.75, 3.05) is 7.11 Å². The first-order valence-electron chi connectivity index (χ1n) is 10.5. The standard InChI is InChI=1S/C25H28N2O3S/c1-14-9-18-19(25(4,5)8-7-24(18,2)3)12-16(14)17-10-15(13-26-22(17)30-6)11-20-21(28)27-23(29)31-20/h9-13H,7-8H2,1-6H3,(H,27,28,29)/b20-11+. The van der Waals surface area contributed by atoms with Gasteiger partial charge < -0.3 is 4.74 Å². The van der Waals surface area contributed by atoms with Crippen molar-refractivity contribution in [2.24, 2.45) is 0 Å². The van der Waals surface area contributed by atoms with E-state index in [0.717, 1.165) is 46.9 Å². The maximum Gasteiger partial charge on any atom is 0.290 e. The van der Waals surface area contributed by atoms with Gasteiger partial charge in [-0.2, -0.15) is 0 Å². The summed E-state index contributed by atoms with van der Waals surface area (Å²) in [5.74, 6) is 0.166. The molecule has 0 spiro atoms. The van der Waals surface area contributed by atoms with Gasteiger partial charge in [0.05, 0.1) is 12.0 Å². The van der Waals surface area contributed by atoms with E-state index in [2.05, 4.69) is 57.1 Å². The van der Waals surface area contributed by atoms with Gasteiger partial charge in [-0.05, 0) is 88.4 Å². The molecule has 2 amide bonds. The molecular weight excluding hydrogens is 408 g/mol. The zero-order chi connectivity index (χ0) is 22.6. The van der Waals surface area contributed by atoms with Crippen LogP contribution in [-0.2, 0) is 15.6 Å². The highest BCUT2D eigenvalue weighted by atomic mass is 32.2. The molecule has 0 bridgehead atoms.